The average molecular weight is 365 g/mol. The smallest absolute Gasteiger partial charge is 0.269 e. The van der Waals surface area contributed by atoms with Gasteiger partial charge in [0, 0.05) is 36.3 Å². The van der Waals surface area contributed by atoms with Crippen molar-refractivity contribution in [1.82, 2.24) is 10.9 Å². The molecule has 0 aliphatic carbocycles. The van der Waals surface area contributed by atoms with Gasteiger partial charge < -0.3 is 4.90 Å². The Morgan fingerprint density at radius 3 is 2.52 bits per heavy atom. The van der Waals surface area contributed by atoms with E-state index in [0.29, 0.717) is 5.56 Å². The summed E-state index contributed by atoms with van der Waals surface area (Å²) in [4.78, 5) is 25.8. The van der Waals surface area contributed by atoms with Crippen molar-refractivity contribution in [3.05, 3.63) is 59.7 Å². The number of hydrogen-bond acceptors (Lipinski definition) is 4. The molecule has 0 atom stereocenters. The van der Waals surface area contributed by atoms with Gasteiger partial charge >= 0.3 is 0 Å². The first-order valence-corrected chi connectivity index (χ1v) is 8.30. The van der Waals surface area contributed by atoms with Gasteiger partial charge in [-0.15, -0.1) is 11.8 Å². The van der Waals surface area contributed by atoms with Gasteiger partial charge in [-0.1, -0.05) is 6.07 Å². The number of anilines is 1. The highest BCUT2D eigenvalue weighted by molar-refractivity contribution is 8.00. The molecule has 2 aromatic rings. The first-order chi connectivity index (χ1) is 11.9. The number of rotatable bonds is 5. The van der Waals surface area contributed by atoms with Gasteiger partial charge in [0.1, 0.15) is 11.6 Å². The van der Waals surface area contributed by atoms with Crippen LogP contribution >= 0.6 is 11.8 Å². The average Bonchev–Trinajstić information content (AvgIpc) is 2.59. The van der Waals surface area contributed by atoms with Crippen LogP contribution in [0.2, 0.25) is 0 Å². The Bertz CT molecular complexity index is 784. The zero-order valence-electron chi connectivity index (χ0n) is 13.7. The Morgan fingerprint density at radius 2 is 1.84 bits per heavy atom. The lowest BCUT2D eigenvalue weighted by atomic mass is 10.2. The van der Waals surface area contributed by atoms with Gasteiger partial charge in [0.2, 0.25) is 5.91 Å². The number of halogens is 2. The minimum absolute atomic E-state index is 0.124. The number of amides is 2. The lowest BCUT2D eigenvalue weighted by molar-refractivity contribution is -0.119. The molecule has 0 unspecified atom stereocenters. The second kappa shape index (κ2) is 8.48. The molecule has 2 amide bonds. The molecule has 132 valence electrons. The van der Waals surface area contributed by atoms with Crippen LogP contribution in [-0.4, -0.2) is 31.7 Å². The topological polar surface area (TPSA) is 61.4 Å². The Hall–Kier alpha value is -2.61. The van der Waals surface area contributed by atoms with E-state index in [1.54, 1.807) is 18.2 Å². The van der Waals surface area contributed by atoms with E-state index >= 15 is 0 Å². The van der Waals surface area contributed by atoms with Crippen LogP contribution in [0.25, 0.3) is 0 Å². The molecule has 2 rings (SSSR count). The molecule has 0 bridgehead atoms. The second-order valence-corrected chi connectivity index (χ2v) is 6.33. The first kappa shape index (κ1) is 18.7. The molecule has 0 aliphatic rings. The molecule has 5 nitrogen and oxygen atoms in total. The van der Waals surface area contributed by atoms with E-state index < -0.39 is 23.4 Å². The molecule has 25 heavy (non-hydrogen) atoms. The van der Waals surface area contributed by atoms with Gasteiger partial charge in [0.05, 0.1) is 5.75 Å². The van der Waals surface area contributed by atoms with Crippen LogP contribution in [-0.2, 0) is 4.79 Å². The summed E-state index contributed by atoms with van der Waals surface area (Å²) in [5.41, 5.74) is 5.80. The van der Waals surface area contributed by atoms with Crippen LogP contribution in [0.15, 0.2) is 47.4 Å². The van der Waals surface area contributed by atoms with E-state index in [0.717, 1.165) is 29.6 Å². The Morgan fingerprint density at radius 1 is 1.08 bits per heavy atom. The minimum atomic E-state index is -0.734. The third kappa shape index (κ3) is 5.46. The Kier molecular flexibility index (Phi) is 6.35. The van der Waals surface area contributed by atoms with Crippen LogP contribution in [0.3, 0.4) is 0 Å². The van der Waals surface area contributed by atoms with E-state index in [1.165, 1.54) is 6.07 Å². The van der Waals surface area contributed by atoms with E-state index in [1.807, 2.05) is 25.1 Å². The van der Waals surface area contributed by atoms with E-state index in [2.05, 4.69) is 10.9 Å². The van der Waals surface area contributed by atoms with Crippen molar-refractivity contribution in [2.75, 3.05) is 24.7 Å². The molecule has 0 aromatic heterocycles. The lowest BCUT2D eigenvalue weighted by Crippen LogP contribution is -2.42. The highest BCUT2D eigenvalue weighted by Gasteiger charge is 2.10. The van der Waals surface area contributed by atoms with Gasteiger partial charge in [0.15, 0.2) is 0 Å². The maximum atomic E-state index is 13.5. The fraction of sp³-hybridized carbons (Fsp3) is 0.176. The van der Waals surface area contributed by atoms with Gasteiger partial charge in [-0.25, -0.2) is 8.78 Å². The van der Waals surface area contributed by atoms with Gasteiger partial charge in [0.25, 0.3) is 5.91 Å². The van der Waals surface area contributed by atoms with Crippen molar-refractivity contribution < 1.29 is 18.4 Å². The number of nitrogens with one attached hydrogen (secondary N) is 2. The van der Waals surface area contributed by atoms with E-state index in [4.69, 9.17) is 0 Å². The van der Waals surface area contributed by atoms with E-state index in [-0.39, 0.29) is 10.6 Å². The summed E-state index contributed by atoms with van der Waals surface area (Å²) in [6, 6.07) is 10.0. The van der Waals surface area contributed by atoms with E-state index in [9.17, 15) is 18.4 Å². The first-order valence-electron chi connectivity index (χ1n) is 7.31. The highest BCUT2D eigenvalue weighted by Crippen LogP contribution is 2.21. The molecular formula is C17H17F2N3O2S. The van der Waals surface area contributed by atoms with Crippen molar-refractivity contribution in [3.8, 4) is 0 Å². The van der Waals surface area contributed by atoms with Crippen LogP contribution < -0.4 is 15.8 Å². The van der Waals surface area contributed by atoms with Crippen molar-refractivity contribution in [2.24, 2.45) is 0 Å². The number of hydrazine groups is 1. The number of thioether (sulfide) groups is 1. The third-order valence-corrected chi connectivity index (χ3v) is 4.24. The molecule has 0 saturated heterocycles. The molecule has 2 N–H and O–H groups in total. The quantitative estimate of drug-likeness (QED) is 0.632. The molecule has 0 heterocycles. The number of benzene rings is 2. The number of carbonyl (C=O) groups is 2. The summed E-state index contributed by atoms with van der Waals surface area (Å²) in [6.07, 6.45) is 0. The second-order valence-electron chi connectivity index (χ2n) is 5.31. The number of nitrogens with zero attached hydrogens (tertiary/aromatic N) is 1. The molecule has 0 radical (unpaired) electrons. The highest BCUT2D eigenvalue weighted by atomic mass is 32.2. The maximum absolute atomic E-state index is 13.5. The Balaban J connectivity index is 1.85. The van der Waals surface area contributed by atoms with Crippen LogP contribution in [0.5, 0.6) is 0 Å². The molecule has 8 heteroatoms. The van der Waals surface area contributed by atoms with Gasteiger partial charge in [-0.2, -0.15) is 0 Å². The van der Waals surface area contributed by atoms with Crippen LogP contribution in [0, 0.1) is 11.6 Å². The summed E-state index contributed by atoms with van der Waals surface area (Å²) in [5.74, 6) is -2.51. The molecule has 0 fully saturated rings. The molecule has 0 saturated carbocycles. The molecule has 0 aliphatic heterocycles. The summed E-state index contributed by atoms with van der Waals surface area (Å²) in [6.45, 7) is 0. The van der Waals surface area contributed by atoms with Crippen molar-refractivity contribution >= 4 is 29.3 Å². The summed E-state index contributed by atoms with van der Waals surface area (Å²) < 4.78 is 26.3. The number of hydrogen-bond donors (Lipinski definition) is 2. The van der Waals surface area contributed by atoms with Gasteiger partial charge in [-0.3, -0.25) is 20.4 Å². The zero-order chi connectivity index (χ0) is 18.4. The molecular weight excluding hydrogens is 348 g/mol. The van der Waals surface area contributed by atoms with Gasteiger partial charge in [-0.05, 0) is 30.3 Å². The number of carbonyl (C=O) groups excluding carboxylic acids is 2. The third-order valence-electron chi connectivity index (χ3n) is 3.19. The summed E-state index contributed by atoms with van der Waals surface area (Å²) in [5, 5.41) is 0. The van der Waals surface area contributed by atoms with Crippen LogP contribution in [0.4, 0.5) is 14.5 Å². The SMILES string of the molecule is CN(C)c1cccc(C(=O)NNC(=O)CSc2ccc(F)cc2F)c1. The maximum Gasteiger partial charge on any atom is 0.269 e. The lowest BCUT2D eigenvalue weighted by Gasteiger charge is -2.13. The fourth-order valence-corrected chi connectivity index (χ4v) is 2.62. The van der Waals surface area contributed by atoms with Crippen LogP contribution in [0.1, 0.15) is 10.4 Å². The summed E-state index contributed by atoms with van der Waals surface area (Å²) >= 11 is 0.906. The molecule has 2 aromatic carbocycles. The standard InChI is InChI=1S/C17H17F2N3O2S/c1-22(2)13-5-3-4-11(8-13)17(24)21-20-16(23)10-25-15-7-6-12(18)9-14(15)19/h3-9H,10H2,1-2H3,(H,20,23)(H,21,24). The summed E-state index contributed by atoms with van der Waals surface area (Å²) in [7, 11) is 3.70. The minimum Gasteiger partial charge on any atom is -0.378 e. The van der Waals surface area contributed by atoms with Crippen molar-refractivity contribution in [3.63, 3.8) is 0 Å². The molecule has 0 spiro atoms. The normalized spacial score (nSPS) is 10.2. The largest absolute Gasteiger partial charge is 0.378 e. The fourth-order valence-electron chi connectivity index (χ4n) is 1.90. The zero-order valence-corrected chi connectivity index (χ0v) is 14.5. The van der Waals surface area contributed by atoms with Crippen molar-refractivity contribution in [2.45, 2.75) is 4.90 Å². The predicted octanol–water partition coefficient (Wildman–Crippen LogP) is 2.58. The van der Waals surface area contributed by atoms with Crippen molar-refractivity contribution in [1.29, 1.82) is 0 Å². The monoisotopic (exact) mass is 365 g/mol. The predicted molar refractivity (Wildman–Crippen MR) is 93.5 cm³/mol. The Labute approximate surface area is 148 Å².